The van der Waals surface area contributed by atoms with E-state index in [1.165, 1.54) is 0 Å². The smallest absolute Gasteiger partial charge is 0.254 e. The summed E-state index contributed by atoms with van der Waals surface area (Å²) in [5.41, 5.74) is 1.93. The van der Waals surface area contributed by atoms with Crippen LogP contribution in [0.25, 0.3) is 0 Å². The number of rotatable bonds is 0. The second-order valence-corrected chi connectivity index (χ2v) is 4.10. The van der Waals surface area contributed by atoms with Crippen LogP contribution >= 0.6 is 15.9 Å². The Balaban J connectivity index is 0.000000337. The van der Waals surface area contributed by atoms with Crippen LogP contribution in [-0.2, 0) is 6.54 Å². The van der Waals surface area contributed by atoms with Gasteiger partial charge in [-0.1, -0.05) is 22.0 Å². The molecule has 0 saturated heterocycles. The number of hydrogen-bond acceptors (Lipinski definition) is 2. The van der Waals surface area contributed by atoms with E-state index in [-0.39, 0.29) is 12.5 Å². The number of carbonyl (C=O) groups is 1. The zero-order chi connectivity index (χ0) is 11.4. The molecule has 0 aromatic heterocycles. The largest absolute Gasteiger partial charge is 0.397 e. The van der Waals surface area contributed by atoms with Crippen molar-refractivity contribution in [2.45, 2.75) is 13.5 Å². The van der Waals surface area contributed by atoms with Gasteiger partial charge in [0.15, 0.2) is 0 Å². The normalized spacial score (nSPS) is 13.3. The molecule has 0 bridgehead atoms. The third-order valence-electron chi connectivity index (χ3n) is 2.09. The topological polar surface area (TPSA) is 40.5 Å². The van der Waals surface area contributed by atoms with Crippen molar-refractivity contribution in [3.8, 4) is 0 Å². The molecule has 1 heterocycles. The van der Waals surface area contributed by atoms with E-state index in [2.05, 4.69) is 15.9 Å². The summed E-state index contributed by atoms with van der Waals surface area (Å²) >= 11 is 3.42. The highest BCUT2D eigenvalue weighted by atomic mass is 79.9. The molecule has 0 radical (unpaired) electrons. The van der Waals surface area contributed by atoms with Crippen LogP contribution in [0.4, 0.5) is 0 Å². The van der Waals surface area contributed by atoms with Crippen LogP contribution in [0.2, 0.25) is 0 Å². The number of carbonyl (C=O) groups excluding carboxylic acids is 1. The van der Waals surface area contributed by atoms with Gasteiger partial charge in [0.2, 0.25) is 0 Å². The molecule has 82 valence electrons. The Morgan fingerprint density at radius 2 is 2.13 bits per heavy atom. The maximum Gasteiger partial charge on any atom is 0.254 e. The number of amides is 1. The monoisotopic (exact) mass is 271 g/mol. The molecule has 0 fully saturated rings. The van der Waals surface area contributed by atoms with E-state index in [1.54, 1.807) is 11.8 Å². The average Bonchev–Trinajstić information content (AvgIpc) is 2.48. The minimum absolute atomic E-state index is 0.117. The fourth-order valence-corrected chi connectivity index (χ4v) is 1.93. The van der Waals surface area contributed by atoms with Crippen molar-refractivity contribution in [2.75, 3.05) is 13.7 Å². The summed E-state index contributed by atoms with van der Waals surface area (Å²) < 4.78 is 1.03. The first-order valence-electron chi connectivity index (χ1n) is 4.75. The molecule has 0 spiro atoms. The quantitative estimate of drug-likeness (QED) is 0.785. The molecule has 1 amide bonds. The second-order valence-electron chi connectivity index (χ2n) is 3.24. The highest BCUT2D eigenvalue weighted by Crippen LogP contribution is 2.27. The number of hydrogen-bond donors (Lipinski definition) is 1. The fraction of sp³-hybridized carbons (Fsp3) is 0.364. The number of benzene rings is 1. The van der Waals surface area contributed by atoms with Gasteiger partial charge in [-0.15, -0.1) is 0 Å². The minimum atomic E-state index is 0.117. The predicted molar refractivity (Wildman–Crippen MR) is 62.7 cm³/mol. The van der Waals surface area contributed by atoms with Crippen LogP contribution in [0.15, 0.2) is 22.7 Å². The van der Waals surface area contributed by atoms with Gasteiger partial charge in [0.05, 0.1) is 0 Å². The summed E-state index contributed by atoms with van der Waals surface area (Å²) in [5, 5.41) is 7.57. The molecule has 0 saturated carbocycles. The second kappa shape index (κ2) is 5.28. The molecule has 1 aromatic carbocycles. The highest BCUT2D eigenvalue weighted by molar-refractivity contribution is 9.10. The molecular weight excluding hydrogens is 258 g/mol. The zero-order valence-corrected chi connectivity index (χ0v) is 10.4. The van der Waals surface area contributed by atoms with E-state index >= 15 is 0 Å². The molecule has 0 aliphatic carbocycles. The SMILES string of the molecule is CCO.CN1Cc2c(Br)cccc2C1=O. The Bertz CT molecular complexity index is 366. The van der Waals surface area contributed by atoms with E-state index in [0.29, 0.717) is 0 Å². The molecule has 1 aliphatic heterocycles. The number of aliphatic hydroxyl groups is 1. The van der Waals surface area contributed by atoms with Crippen LogP contribution in [0.5, 0.6) is 0 Å². The Morgan fingerprint density at radius 1 is 1.53 bits per heavy atom. The first-order valence-corrected chi connectivity index (χ1v) is 5.54. The lowest BCUT2D eigenvalue weighted by atomic mass is 10.1. The van der Waals surface area contributed by atoms with Gasteiger partial charge in [-0.05, 0) is 24.6 Å². The Labute approximate surface area is 97.8 Å². The van der Waals surface area contributed by atoms with Gasteiger partial charge >= 0.3 is 0 Å². The number of fused-ring (bicyclic) bond motifs is 1. The molecule has 0 atom stereocenters. The van der Waals surface area contributed by atoms with Crippen molar-refractivity contribution in [3.05, 3.63) is 33.8 Å². The lowest BCUT2D eigenvalue weighted by Gasteiger charge is -2.04. The summed E-state index contributed by atoms with van der Waals surface area (Å²) in [4.78, 5) is 13.2. The van der Waals surface area contributed by atoms with Gasteiger partial charge in [0.25, 0.3) is 5.91 Å². The molecule has 1 N–H and O–H groups in total. The van der Waals surface area contributed by atoms with Gasteiger partial charge in [0, 0.05) is 30.2 Å². The highest BCUT2D eigenvalue weighted by Gasteiger charge is 2.25. The molecule has 0 unspecified atom stereocenters. The van der Waals surface area contributed by atoms with Crippen molar-refractivity contribution in [2.24, 2.45) is 0 Å². The van der Waals surface area contributed by atoms with E-state index in [9.17, 15) is 4.79 Å². The summed E-state index contributed by atoms with van der Waals surface area (Å²) in [6.07, 6.45) is 0. The van der Waals surface area contributed by atoms with Gasteiger partial charge < -0.3 is 10.0 Å². The third-order valence-corrected chi connectivity index (χ3v) is 2.83. The standard InChI is InChI=1S/C9H8BrNO.C2H6O/c1-11-5-7-6(9(11)12)3-2-4-8(7)10;1-2-3/h2-4H,5H2,1H3;3H,2H2,1H3. The Hall–Kier alpha value is -0.870. The van der Waals surface area contributed by atoms with Crippen molar-refractivity contribution >= 4 is 21.8 Å². The van der Waals surface area contributed by atoms with E-state index in [4.69, 9.17) is 5.11 Å². The van der Waals surface area contributed by atoms with Crippen LogP contribution in [-0.4, -0.2) is 29.6 Å². The van der Waals surface area contributed by atoms with Crippen LogP contribution in [0, 0.1) is 0 Å². The predicted octanol–water partition coefficient (Wildman–Crippen LogP) is 2.03. The van der Waals surface area contributed by atoms with Crippen molar-refractivity contribution in [1.82, 2.24) is 4.90 Å². The lowest BCUT2D eigenvalue weighted by molar-refractivity contribution is 0.0816. The Kier molecular flexibility index (Phi) is 4.29. The summed E-state index contributed by atoms with van der Waals surface area (Å²) in [5.74, 6) is 0.117. The van der Waals surface area contributed by atoms with Gasteiger partial charge in [-0.2, -0.15) is 0 Å². The number of halogens is 1. The van der Waals surface area contributed by atoms with Crippen molar-refractivity contribution in [1.29, 1.82) is 0 Å². The lowest BCUT2D eigenvalue weighted by Crippen LogP contribution is -2.17. The average molecular weight is 272 g/mol. The van der Waals surface area contributed by atoms with E-state index < -0.39 is 0 Å². The maximum atomic E-state index is 11.5. The summed E-state index contributed by atoms with van der Waals surface area (Å²) in [7, 11) is 1.81. The van der Waals surface area contributed by atoms with Gasteiger partial charge in [-0.25, -0.2) is 0 Å². The number of aliphatic hydroxyl groups excluding tert-OH is 1. The minimum Gasteiger partial charge on any atom is -0.397 e. The molecular formula is C11H14BrNO2. The van der Waals surface area contributed by atoms with Crippen molar-refractivity contribution in [3.63, 3.8) is 0 Å². The first-order chi connectivity index (χ1) is 7.11. The molecule has 3 nitrogen and oxygen atoms in total. The zero-order valence-electron chi connectivity index (χ0n) is 8.83. The third kappa shape index (κ3) is 2.58. The van der Waals surface area contributed by atoms with E-state index in [1.807, 2.05) is 25.2 Å². The van der Waals surface area contributed by atoms with Crippen LogP contribution in [0.3, 0.4) is 0 Å². The van der Waals surface area contributed by atoms with Crippen molar-refractivity contribution < 1.29 is 9.90 Å². The number of nitrogens with zero attached hydrogens (tertiary/aromatic N) is 1. The van der Waals surface area contributed by atoms with Crippen LogP contribution < -0.4 is 0 Å². The van der Waals surface area contributed by atoms with Crippen LogP contribution in [0.1, 0.15) is 22.8 Å². The Morgan fingerprint density at radius 3 is 2.67 bits per heavy atom. The molecule has 1 aliphatic rings. The summed E-state index contributed by atoms with van der Waals surface area (Å²) in [6.45, 7) is 2.65. The first kappa shape index (κ1) is 12.2. The molecule has 4 heteroatoms. The summed E-state index contributed by atoms with van der Waals surface area (Å²) in [6, 6.07) is 5.72. The maximum absolute atomic E-state index is 11.5. The molecule has 15 heavy (non-hydrogen) atoms. The molecule has 1 aromatic rings. The molecule has 2 rings (SSSR count). The van der Waals surface area contributed by atoms with E-state index in [0.717, 1.165) is 22.1 Å². The fourth-order valence-electron chi connectivity index (χ4n) is 1.43. The van der Waals surface area contributed by atoms with Gasteiger partial charge in [0.1, 0.15) is 0 Å². The van der Waals surface area contributed by atoms with Gasteiger partial charge in [-0.3, -0.25) is 4.79 Å².